The topological polar surface area (TPSA) is 84.3 Å². The molecule has 0 radical (unpaired) electrons. The van der Waals surface area contributed by atoms with Crippen LogP contribution in [0, 0.1) is 13.8 Å². The number of imidazole rings is 1. The summed E-state index contributed by atoms with van der Waals surface area (Å²) >= 11 is 0. The molecule has 1 aromatic heterocycles. The Morgan fingerprint density at radius 3 is 2.26 bits per heavy atom. The number of sulfonamides is 1. The fourth-order valence-electron chi connectivity index (χ4n) is 3.48. The van der Waals surface area contributed by atoms with Crippen LogP contribution in [0.2, 0.25) is 0 Å². The number of carbonyl (C=O) groups is 1. The molecule has 0 bridgehead atoms. The Balaban J connectivity index is 1.74. The van der Waals surface area contributed by atoms with E-state index in [2.05, 4.69) is 10.3 Å². The molecule has 0 aliphatic rings. The van der Waals surface area contributed by atoms with Gasteiger partial charge in [-0.15, -0.1) is 0 Å². The van der Waals surface area contributed by atoms with Crippen molar-refractivity contribution < 1.29 is 13.2 Å². The third-order valence-electron chi connectivity index (χ3n) is 5.13. The molecule has 1 amide bonds. The number of amides is 1. The third-order valence-corrected chi connectivity index (χ3v) is 6.31. The molecule has 164 valence electrons. The fraction of sp³-hybridized carbons (Fsp3) is 0.304. The fourth-order valence-corrected chi connectivity index (χ4v) is 4.70. The molecule has 0 saturated heterocycles. The first kappa shape index (κ1) is 22.6. The summed E-state index contributed by atoms with van der Waals surface area (Å²) in [5.74, 6) is 0.562. The van der Waals surface area contributed by atoms with E-state index in [9.17, 15) is 13.2 Å². The molecular weight excluding hydrogens is 412 g/mol. The van der Waals surface area contributed by atoms with Crippen LogP contribution >= 0.6 is 0 Å². The maximum absolute atomic E-state index is 12.9. The van der Waals surface area contributed by atoms with Gasteiger partial charge in [0.2, 0.25) is 15.9 Å². The lowest BCUT2D eigenvalue weighted by Crippen LogP contribution is -2.49. The molecule has 31 heavy (non-hydrogen) atoms. The Bertz CT molecular complexity index is 1140. The van der Waals surface area contributed by atoms with Gasteiger partial charge in [0, 0.05) is 24.6 Å². The second-order valence-electron chi connectivity index (χ2n) is 7.55. The van der Waals surface area contributed by atoms with Crippen molar-refractivity contribution in [3.63, 3.8) is 0 Å². The zero-order valence-electron chi connectivity index (χ0n) is 18.2. The third kappa shape index (κ3) is 5.32. The highest BCUT2D eigenvalue weighted by atomic mass is 32.2. The van der Waals surface area contributed by atoms with Crippen LogP contribution in [-0.4, -0.2) is 36.2 Å². The van der Waals surface area contributed by atoms with Crippen molar-refractivity contribution in [1.82, 2.24) is 14.9 Å². The van der Waals surface area contributed by atoms with Crippen LogP contribution < -0.4 is 9.62 Å². The molecule has 8 heteroatoms. The number of aryl methyl sites for hydroxylation is 2. The average molecular weight is 441 g/mol. The molecule has 3 aromatic rings. The Hall–Kier alpha value is -3.13. The highest BCUT2D eigenvalue weighted by Crippen LogP contribution is 2.23. The monoisotopic (exact) mass is 440 g/mol. The first-order valence-electron chi connectivity index (χ1n) is 10.1. The minimum absolute atomic E-state index is 0.310. The Morgan fingerprint density at radius 2 is 1.74 bits per heavy atom. The smallest absolute Gasteiger partial charge is 0.244 e. The summed E-state index contributed by atoms with van der Waals surface area (Å²) in [5.41, 5.74) is 3.41. The van der Waals surface area contributed by atoms with E-state index in [1.807, 2.05) is 61.0 Å². The van der Waals surface area contributed by atoms with Crippen LogP contribution in [0.5, 0.6) is 0 Å². The minimum Gasteiger partial charge on any atom is -0.350 e. The van der Waals surface area contributed by atoms with Gasteiger partial charge in [-0.25, -0.2) is 13.4 Å². The predicted octanol–water partition coefficient (Wildman–Crippen LogP) is 3.35. The SMILES string of the molecule is CC[C@@H](C(=O)NCc1ccc(-n2ccnc2C)cc1)N(c1ccc(C)cc1)S(C)(=O)=O. The van der Waals surface area contributed by atoms with Crippen molar-refractivity contribution in [2.45, 2.75) is 39.8 Å². The molecule has 3 rings (SSSR count). The first-order chi connectivity index (χ1) is 14.7. The molecule has 1 atom stereocenters. The van der Waals surface area contributed by atoms with Crippen molar-refractivity contribution in [1.29, 1.82) is 0 Å². The van der Waals surface area contributed by atoms with E-state index in [0.717, 1.165) is 28.9 Å². The lowest BCUT2D eigenvalue weighted by atomic mass is 10.1. The quantitative estimate of drug-likeness (QED) is 0.582. The van der Waals surface area contributed by atoms with E-state index in [0.29, 0.717) is 18.7 Å². The van der Waals surface area contributed by atoms with Crippen molar-refractivity contribution in [3.05, 3.63) is 77.9 Å². The van der Waals surface area contributed by atoms with Gasteiger partial charge in [0.15, 0.2) is 0 Å². The maximum atomic E-state index is 12.9. The molecule has 1 N–H and O–H groups in total. The Kier molecular flexibility index (Phi) is 6.80. The molecule has 0 aliphatic heterocycles. The number of benzene rings is 2. The van der Waals surface area contributed by atoms with Gasteiger partial charge in [0.25, 0.3) is 0 Å². The van der Waals surface area contributed by atoms with E-state index in [4.69, 9.17) is 0 Å². The van der Waals surface area contributed by atoms with Crippen LogP contribution in [0.1, 0.15) is 30.3 Å². The van der Waals surface area contributed by atoms with Crippen LogP contribution in [0.3, 0.4) is 0 Å². The largest absolute Gasteiger partial charge is 0.350 e. The van der Waals surface area contributed by atoms with Crippen LogP contribution in [0.4, 0.5) is 5.69 Å². The van der Waals surface area contributed by atoms with Gasteiger partial charge in [-0.05, 0) is 50.1 Å². The summed E-state index contributed by atoms with van der Waals surface area (Å²) in [4.78, 5) is 17.2. The number of hydrogen-bond donors (Lipinski definition) is 1. The summed E-state index contributed by atoms with van der Waals surface area (Å²) in [5, 5.41) is 2.89. The molecule has 0 unspecified atom stereocenters. The number of nitrogens with zero attached hydrogens (tertiary/aromatic N) is 3. The summed E-state index contributed by atoms with van der Waals surface area (Å²) in [6, 6.07) is 14.1. The Labute approximate surface area is 183 Å². The molecular formula is C23H28N4O3S. The summed E-state index contributed by atoms with van der Waals surface area (Å²) in [7, 11) is -3.64. The van der Waals surface area contributed by atoms with Crippen molar-refractivity contribution >= 4 is 21.6 Å². The van der Waals surface area contributed by atoms with Gasteiger partial charge >= 0.3 is 0 Å². The molecule has 0 aliphatic carbocycles. The van der Waals surface area contributed by atoms with Gasteiger partial charge in [-0.2, -0.15) is 0 Å². The van der Waals surface area contributed by atoms with E-state index >= 15 is 0 Å². The summed E-state index contributed by atoms with van der Waals surface area (Å²) < 4.78 is 28.2. The second-order valence-corrected chi connectivity index (χ2v) is 9.41. The molecule has 1 heterocycles. The van der Waals surface area contributed by atoms with Crippen LogP contribution in [-0.2, 0) is 21.4 Å². The first-order valence-corrected chi connectivity index (χ1v) is 12.0. The average Bonchev–Trinajstić information content (AvgIpc) is 3.16. The van der Waals surface area contributed by atoms with Crippen LogP contribution in [0.15, 0.2) is 60.9 Å². The standard InChI is InChI=1S/C23H28N4O3S/c1-5-22(27(31(4,29)30)21-10-6-17(2)7-11-21)23(28)25-16-19-8-12-20(13-9-19)26-15-14-24-18(26)3/h6-15,22H,5,16H2,1-4H3,(H,25,28)/t22-/m0/s1. The minimum atomic E-state index is -3.64. The van der Waals surface area contributed by atoms with Crippen molar-refractivity contribution in [2.75, 3.05) is 10.6 Å². The van der Waals surface area contributed by atoms with Crippen molar-refractivity contribution in [2.24, 2.45) is 0 Å². The lowest BCUT2D eigenvalue weighted by molar-refractivity contribution is -0.122. The zero-order chi connectivity index (χ0) is 22.6. The molecule has 0 saturated carbocycles. The lowest BCUT2D eigenvalue weighted by Gasteiger charge is -2.30. The Morgan fingerprint density at radius 1 is 1.10 bits per heavy atom. The number of carbonyl (C=O) groups excluding carboxylic acids is 1. The van der Waals surface area contributed by atoms with Crippen LogP contribution in [0.25, 0.3) is 5.69 Å². The van der Waals surface area contributed by atoms with E-state index < -0.39 is 16.1 Å². The van der Waals surface area contributed by atoms with Gasteiger partial charge in [-0.3, -0.25) is 9.10 Å². The molecule has 2 aromatic carbocycles. The van der Waals surface area contributed by atoms with E-state index in [-0.39, 0.29) is 5.91 Å². The van der Waals surface area contributed by atoms with E-state index in [1.54, 1.807) is 25.3 Å². The van der Waals surface area contributed by atoms with Crippen molar-refractivity contribution in [3.8, 4) is 5.69 Å². The normalized spacial score (nSPS) is 12.4. The molecule has 0 fully saturated rings. The predicted molar refractivity (Wildman–Crippen MR) is 123 cm³/mol. The maximum Gasteiger partial charge on any atom is 0.244 e. The highest BCUT2D eigenvalue weighted by Gasteiger charge is 2.31. The number of anilines is 1. The number of aromatic nitrogens is 2. The van der Waals surface area contributed by atoms with E-state index in [1.165, 1.54) is 4.31 Å². The number of rotatable bonds is 8. The summed E-state index contributed by atoms with van der Waals surface area (Å²) in [6.45, 7) is 5.97. The van der Waals surface area contributed by atoms with Gasteiger partial charge in [0.05, 0.1) is 11.9 Å². The summed E-state index contributed by atoms with van der Waals surface area (Å²) in [6.07, 6.45) is 5.12. The molecule has 7 nitrogen and oxygen atoms in total. The number of hydrogen-bond acceptors (Lipinski definition) is 4. The zero-order valence-corrected chi connectivity index (χ0v) is 19.1. The second kappa shape index (κ2) is 9.34. The highest BCUT2D eigenvalue weighted by molar-refractivity contribution is 7.92. The van der Waals surface area contributed by atoms with Gasteiger partial charge < -0.3 is 9.88 Å². The van der Waals surface area contributed by atoms with Gasteiger partial charge in [-0.1, -0.05) is 36.8 Å². The van der Waals surface area contributed by atoms with Gasteiger partial charge in [0.1, 0.15) is 11.9 Å². The number of nitrogens with one attached hydrogen (secondary N) is 1. The molecule has 0 spiro atoms.